The summed E-state index contributed by atoms with van der Waals surface area (Å²) in [7, 11) is 0. The van der Waals surface area contributed by atoms with E-state index in [1.165, 1.54) is 0 Å². The van der Waals surface area contributed by atoms with Crippen LogP contribution in [-0.4, -0.2) is 86.2 Å². The molecule has 51 heavy (non-hydrogen) atoms. The average Bonchev–Trinajstić information content (AvgIpc) is 3.68. The maximum absolute atomic E-state index is 10.6. The first-order chi connectivity index (χ1) is 21.0. The number of aldehydes is 1. The van der Waals surface area contributed by atoms with Crippen molar-refractivity contribution in [3.05, 3.63) is 0 Å². The van der Waals surface area contributed by atoms with Gasteiger partial charge in [-0.25, -0.2) is 9.79 Å². The number of hydrogen-bond donors (Lipinski definition) is 7. The molecule has 4 unspecified atom stereocenters. The Bertz CT molecular complexity index is 644. The summed E-state index contributed by atoms with van der Waals surface area (Å²) in [5.74, 6) is -1.15. The molecule has 0 aromatic rings. The predicted octanol–water partition coefficient (Wildman–Crippen LogP) is 5.45. The van der Waals surface area contributed by atoms with Gasteiger partial charge in [0.05, 0.1) is 12.6 Å². The van der Waals surface area contributed by atoms with Crippen molar-refractivity contribution in [1.29, 1.82) is 0 Å². The van der Waals surface area contributed by atoms with Crippen LogP contribution in [0.1, 0.15) is 145 Å². The number of carbonyl (C=O) groups is 4. The predicted molar refractivity (Wildman–Crippen MR) is 201 cm³/mol. The van der Waals surface area contributed by atoms with Crippen LogP contribution in [-0.2, 0) is 183 Å². The van der Waals surface area contributed by atoms with Gasteiger partial charge < -0.3 is 42.3 Å². The maximum atomic E-state index is 10.6. The molecule has 0 aliphatic carbocycles. The van der Waals surface area contributed by atoms with Gasteiger partial charge in [0.25, 0.3) is 11.9 Å². The molecule has 2 rings (SSSR count). The Balaban J connectivity index is -0.0000000205. The van der Waals surface area contributed by atoms with Gasteiger partial charge >= 0.3 is 12.0 Å². The van der Waals surface area contributed by atoms with E-state index < -0.39 is 12.0 Å². The number of amidine groups is 1. The average molecular weight is 1120 g/mol. The summed E-state index contributed by atoms with van der Waals surface area (Å²) in [6.45, 7) is 30.2. The van der Waals surface area contributed by atoms with Crippen LogP contribution in [0, 0.1) is 0 Å². The molecule has 0 bridgehead atoms. The molecule has 0 saturated carbocycles. The largest absolute Gasteiger partial charge is 0.480 e. The number of urea groups is 1. The zero-order chi connectivity index (χ0) is 37.1. The number of nitrogens with one attached hydrogen (secondary N) is 2. The first-order valence-corrected chi connectivity index (χ1v) is 16.3. The second-order valence-corrected chi connectivity index (χ2v) is 7.04. The molecule has 19 heteroatoms. The molecule has 1 fully saturated rings. The van der Waals surface area contributed by atoms with E-state index in [0.29, 0.717) is 37.9 Å². The molecule has 8 radical (unpaired) electrons. The van der Waals surface area contributed by atoms with Gasteiger partial charge in [0.2, 0.25) is 0 Å². The summed E-state index contributed by atoms with van der Waals surface area (Å²) in [4.78, 5) is 44.0. The van der Waals surface area contributed by atoms with Crippen LogP contribution in [0.5, 0.6) is 0 Å². The van der Waals surface area contributed by atoms with Crippen LogP contribution in [0.15, 0.2) is 4.99 Å². The number of amides is 3. The number of aliphatic carboxylic acids is 1. The summed E-state index contributed by atoms with van der Waals surface area (Å²) >= 11 is 0. The Hall–Kier alpha value is 2.81. The van der Waals surface area contributed by atoms with Crippen LogP contribution in [0.2, 0.25) is 0 Å². The molecule has 0 aromatic carbocycles. The standard InChI is InChI=1S/C5H8N2O2.C5H10N2O.C4H9NO2.C4H11NO.C3H6O.5C2H6.CH4.B.5Y.H2/c1-2-3-4(8)7-5(9)6-3;1-2-4-3-8-5(6)7-4;1-2-3(5)4(6)7;1-2-4(5)3-6;1-2-3-4;5*1-2;;;;;;;;/h3H,2H2,1H3,(H2,6,7,8,9);4H,2-3H2,1H3,(H2,6,7);3H,2,5H2,1H3,(H,6,7);4,6H,2-3,5H2,1H3;3H,2H2,1H3;5*1-2H3;1H4;;;;;;;1H/i;;;;;;;;;;;;;;;;;1+1. The second kappa shape index (κ2) is 94.1. The van der Waals surface area contributed by atoms with Crippen molar-refractivity contribution in [2.45, 2.75) is 168 Å². The first kappa shape index (κ1) is 99.6. The fourth-order valence-electron chi connectivity index (χ4n) is 1.70. The van der Waals surface area contributed by atoms with Crippen molar-refractivity contribution >= 4 is 38.6 Å². The van der Waals surface area contributed by atoms with Crippen molar-refractivity contribution in [1.82, 2.24) is 10.6 Å². The number of carboxylic acid groups (broad SMARTS) is 1. The van der Waals surface area contributed by atoms with Gasteiger partial charge in [0, 0.05) is 186 Å². The van der Waals surface area contributed by atoms with Crippen molar-refractivity contribution in [2.24, 2.45) is 22.2 Å². The summed E-state index contributed by atoms with van der Waals surface area (Å²) in [6, 6.07) is -0.721. The molecule has 2 aliphatic heterocycles. The minimum atomic E-state index is -0.928. The van der Waals surface area contributed by atoms with Crippen LogP contribution >= 0.6 is 0 Å². The molecule has 0 spiro atoms. The minimum Gasteiger partial charge on any atom is -0.480 e. The normalized spacial score (nSPS) is 13.4. The molecule has 10 N–H and O–H groups in total. The monoisotopic (exact) mass is 1120 g/mol. The van der Waals surface area contributed by atoms with Gasteiger partial charge in [-0.1, -0.05) is 111 Å². The van der Waals surface area contributed by atoms with Crippen molar-refractivity contribution in [3.63, 3.8) is 0 Å². The van der Waals surface area contributed by atoms with E-state index in [1.807, 2.05) is 90.0 Å². The van der Waals surface area contributed by atoms with Crippen molar-refractivity contribution in [3.8, 4) is 0 Å². The first-order valence-electron chi connectivity index (χ1n) is 16.3. The number of carboxylic acids is 1. The number of carbonyl (C=O) groups excluding carboxylic acids is 3. The topological polar surface area (TPSA) is 232 Å². The van der Waals surface area contributed by atoms with Crippen LogP contribution in [0.4, 0.5) is 4.79 Å². The number of nitrogens with two attached hydrogens (primary N) is 3. The Morgan fingerprint density at radius 1 is 0.882 bits per heavy atom. The summed E-state index contributed by atoms with van der Waals surface area (Å²) in [5, 5.41) is 20.8. The van der Waals surface area contributed by atoms with Crippen LogP contribution < -0.4 is 27.8 Å². The molecular weight excluding hydrogens is 1040 g/mol. The Kier molecular flexibility index (Phi) is 184. The van der Waals surface area contributed by atoms with E-state index in [1.54, 1.807) is 6.92 Å². The fourth-order valence-corrected chi connectivity index (χ4v) is 1.70. The molecule has 298 valence electrons. The van der Waals surface area contributed by atoms with Gasteiger partial charge in [0.1, 0.15) is 25.0 Å². The zero-order valence-corrected chi connectivity index (χ0v) is 48.6. The molecule has 2 aliphatic rings. The SMILES string of the molecule is C.CC.CC.CC.CC.CC.CCC(N)C(=O)O.CCC(N)CO.CCC1COC(N)=N1.CCC1NC(=O)NC1=O.CCC=O.[2HH].[B].[Y].[Y].[Y].[Y].[Y]. The van der Waals surface area contributed by atoms with Gasteiger partial charge in [-0.05, 0) is 25.7 Å². The quantitative estimate of drug-likeness (QED) is 0.0968. The van der Waals surface area contributed by atoms with Gasteiger partial charge in [-0.2, -0.15) is 0 Å². The van der Waals surface area contributed by atoms with Gasteiger partial charge in [0.15, 0.2) is 0 Å². The van der Waals surface area contributed by atoms with E-state index >= 15 is 0 Å². The number of nitrogens with zero attached hydrogens (tertiary/aromatic N) is 1. The Morgan fingerprint density at radius 3 is 1.33 bits per heavy atom. The third-order valence-electron chi connectivity index (χ3n) is 4.15. The molecule has 3 amide bonds. The number of imide groups is 1. The number of aliphatic imine (C=N–C) groups is 1. The molecule has 2 heterocycles. The molecular formula is C32H80BN6O7Y5. The van der Waals surface area contributed by atoms with Crippen LogP contribution in [0.25, 0.3) is 0 Å². The zero-order valence-electron chi connectivity index (χ0n) is 34.4. The fraction of sp³-hybridized carbons (Fsp3) is 0.844. The van der Waals surface area contributed by atoms with Crippen LogP contribution in [0.3, 0.4) is 0 Å². The van der Waals surface area contributed by atoms with E-state index in [0.717, 1.165) is 19.1 Å². The molecule has 13 nitrogen and oxygen atoms in total. The van der Waals surface area contributed by atoms with E-state index in [-0.39, 0.29) is 211 Å². The maximum Gasteiger partial charge on any atom is 0.322 e. The number of aliphatic hydroxyl groups is 1. The van der Waals surface area contributed by atoms with E-state index in [2.05, 4.69) is 22.5 Å². The van der Waals surface area contributed by atoms with Crippen molar-refractivity contribution in [2.75, 3.05) is 13.2 Å². The Morgan fingerprint density at radius 2 is 1.25 bits per heavy atom. The number of aliphatic hydroxyl groups excluding tert-OH is 1. The van der Waals surface area contributed by atoms with E-state index in [9.17, 15) is 19.2 Å². The Labute approximate surface area is 444 Å². The number of hydrogen-bond acceptors (Lipinski definition) is 10. The third-order valence-corrected chi connectivity index (χ3v) is 4.15. The van der Waals surface area contributed by atoms with Gasteiger partial charge in [-0.3, -0.25) is 14.9 Å². The third kappa shape index (κ3) is 90.5. The molecule has 1 saturated heterocycles. The second-order valence-electron chi connectivity index (χ2n) is 7.04. The molecule has 0 aromatic heterocycles. The van der Waals surface area contributed by atoms with E-state index in [4.69, 9.17) is 32.2 Å². The molecule has 4 atom stereocenters. The van der Waals surface area contributed by atoms with Crippen molar-refractivity contribution < 1.29 is 199 Å². The summed E-state index contributed by atoms with van der Waals surface area (Å²) < 4.78 is 4.88. The number of rotatable bonds is 7. The summed E-state index contributed by atoms with van der Waals surface area (Å²) in [6.07, 6.45) is 4.53. The number of ether oxygens (including phenoxy) is 1. The van der Waals surface area contributed by atoms with Gasteiger partial charge in [-0.15, -0.1) is 0 Å². The summed E-state index contributed by atoms with van der Waals surface area (Å²) in [5.41, 5.74) is 15.5. The smallest absolute Gasteiger partial charge is 0.322 e. The minimum absolute atomic E-state index is 0.